The number of rotatable bonds is 3. The number of esters is 1. The number of benzene rings is 2. The topological polar surface area (TPSA) is 51.1 Å². The molecule has 0 spiro atoms. The van der Waals surface area contributed by atoms with Crippen LogP contribution in [-0.2, 0) is 17.7 Å². The Bertz CT molecular complexity index is 845. The minimum Gasteiger partial charge on any atom is -0.492 e. The van der Waals surface area contributed by atoms with Crippen molar-refractivity contribution in [2.45, 2.75) is 13.0 Å². The van der Waals surface area contributed by atoms with Gasteiger partial charge in [0, 0.05) is 37.3 Å². The van der Waals surface area contributed by atoms with Gasteiger partial charge in [-0.1, -0.05) is 24.3 Å². The van der Waals surface area contributed by atoms with E-state index in [0.29, 0.717) is 12.2 Å². The van der Waals surface area contributed by atoms with Crippen molar-refractivity contribution < 1.29 is 14.3 Å². The molecule has 0 fully saturated rings. The standard InChI is InChI=1S/C20H20N2O3/c1-24-20(23)15-6-7-16-12-22(8-9-25-19(16)11-15)13-17-10-14-4-2-3-5-18(14)21-17/h2-7,11H,8-10,12-13H2,1H3. The second-order valence-corrected chi connectivity index (χ2v) is 6.36. The molecule has 5 nitrogen and oxygen atoms in total. The zero-order chi connectivity index (χ0) is 17.2. The van der Waals surface area contributed by atoms with Crippen LogP contribution in [0.25, 0.3) is 0 Å². The maximum Gasteiger partial charge on any atom is 0.337 e. The molecule has 25 heavy (non-hydrogen) atoms. The van der Waals surface area contributed by atoms with Crippen LogP contribution in [0.4, 0.5) is 5.69 Å². The van der Waals surface area contributed by atoms with Crippen LogP contribution in [0.1, 0.15) is 21.5 Å². The highest BCUT2D eigenvalue weighted by Crippen LogP contribution is 2.28. The summed E-state index contributed by atoms with van der Waals surface area (Å²) in [6, 6.07) is 13.8. The van der Waals surface area contributed by atoms with E-state index >= 15 is 0 Å². The van der Waals surface area contributed by atoms with Crippen molar-refractivity contribution in [2.75, 3.05) is 26.8 Å². The first kappa shape index (κ1) is 15.8. The van der Waals surface area contributed by atoms with Crippen LogP contribution >= 0.6 is 0 Å². The van der Waals surface area contributed by atoms with Gasteiger partial charge < -0.3 is 9.47 Å². The molecule has 2 aliphatic rings. The number of carbonyl (C=O) groups is 1. The Hall–Kier alpha value is -2.66. The first-order chi connectivity index (χ1) is 12.2. The third kappa shape index (κ3) is 3.28. The summed E-state index contributed by atoms with van der Waals surface area (Å²) in [4.78, 5) is 18.8. The minimum absolute atomic E-state index is 0.342. The molecule has 2 aromatic rings. The van der Waals surface area contributed by atoms with Gasteiger partial charge in [-0.25, -0.2) is 4.79 Å². The first-order valence-electron chi connectivity index (χ1n) is 8.43. The van der Waals surface area contributed by atoms with Crippen molar-refractivity contribution in [3.8, 4) is 5.75 Å². The van der Waals surface area contributed by atoms with Crippen molar-refractivity contribution in [3.63, 3.8) is 0 Å². The zero-order valence-electron chi connectivity index (χ0n) is 14.2. The number of methoxy groups -OCH3 is 1. The number of hydrogen-bond donors (Lipinski definition) is 0. The molecule has 5 heteroatoms. The number of carbonyl (C=O) groups excluding carboxylic acids is 1. The molecule has 0 aliphatic carbocycles. The fourth-order valence-electron chi connectivity index (χ4n) is 3.35. The molecular formula is C20H20N2O3. The third-order valence-corrected chi connectivity index (χ3v) is 4.62. The molecule has 0 saturated carbocycles. The summed E-state index contributed by atoms with van der Waals surface area (Å²) < 4.78 is 10.6. The Morgan fingerprint density at radius 2 is 2.12 bits per heavy atom. The van der Waals surface area contributed by atoms with E-state index in [0.717, 1.165) is 43.1 Å². The molecule has 0 amide bonds. The lowest BCUT2D eigenvalue weighted by molar-refractivity contribution is 0.0600. The van der Waals surface area contributed by atoms with Crippen molar-refractivity contribution in [1.29, 1.82) is 0 Å². The molecular weight excluding hydrogens is 316 g/mol. The van der Waals surface area contributed by atoms with Gasteiger partial charge in [0.1, 0.15) is 12.4 Å². The largest absolute Gasteiger partial charge is 0.492 e. The van der Waals surface area contributed by atoms with Crippen LogP contribution in [0.3, 0.4) is 0 Å². The van der Waals surface area contributed by atoms with Gasteiger partial charge in [-0.2, -0.15) is 0 Å². The van der Waals surface area contributed by atoms with Crippen molar-refractivity contribution in [3.05, 3.63) is 59.2 Å². The van der Waals surface area contributed by atoms with Gasteiger partial charge in [0.2, 0.25) is 0 Å². The van der Waals surface area contributed by atoms with E-state index < -0.39 is 0 Å². The van der Waals surface area contributed by atoms with Gasteiger partial charge in [0.25, 0.3) is 0 Å². The van der Waals surface area contributed by atoms with Gasteiger partial charge in [-0.15, -0.1) is 0 Å². The van der Waals surface area contributed by atoms with Crippen LogP contribution < -0.4 is 4.74 Å². The Morgan fingerprint density at radius 3 is 2.96 bits per heavy atom. The fourth-order valence-corrected chi connectivity index (χ4v) is 3.35. The first-order valence-corrected chi connectivity index (χ1v) is 8.43. The van der Waals surface area contributed by atoms with E-state index in [4.69, 9.17) is 14.5 Å². The van der Waals surface area contributed by atoms with Gasteiger partial charge >= 0.3 is 5.97 Å². The quantitative estimate of drug-likeness (QED) is 0.809. The minimum atomic E-state index is -0.342. The highest BCUT2D eigenvalue weighted by Gasteiger charge is 2.21. The van der Waals surface area contributed by atoms with Crippen molar-refractivity contribution >= 4 is 17.4 Å². The fraction of sp³-hybridized carbons (Fsp3) is 0.300. The lowest BCUT2D eigenvalue weighted by Crippen LogP contribution is -2.31. The van der Waals surface area contributed by atoms with Crippen molar-refractivity contribution in [1.82, 2.24) is 4.90 Å². The summed E-state index contributed by atoms with van der Waals surface area (Å²) in [5.41, 5.74) is 5.18. The Kier molecular flexibility index (Phi) is 4.24. The van der Waals surface area contributed by atoms with Gasteiger partial charge in [0.15, 0.2) is 0 Å². The number of fused-ring (bicyclic) bond motifs is 2. The maximum absolute atomic E-state index is 11.7. The predicted octanol–water partition coefficient (Wildman–Crippen LogP) is 3.00. The van der Waals surface area contributed by atoms with E-state index in [2.05, 4.69) is 23.1 Å². The average Bonchev–Trinajstić information content (AvgIpc) is 2.93. The summed E-state index contributed by atoms with van der Waals surface area (Å²) in [6.07, 6.45) is 0.918. The summed E-state index contributed by atoms with van der Waals surface area (Å²) >= 11 is 0. The molecule has 2 aromatic carbocycles. The van der Waals surface area contributed by atoms with Gasteiger partial charge in [0.05, 0.1) is 18.4 Å². The van der Waals surface area contributed by atoms with Crippen LogP contribution in [0.15, 0.2) is 47.5 Å². The predicted molar refractivity (Wildman–Crippen MR) is 95.8 cm³/mol. The van der Waals surface area contributed by atoms with Crippen LogP contribution in [0, 0.1) is 0 Å². The smallest absolute Gasteiger partial charge is 0.337 e. The number of nitrogens with zero attached hydrogens (tertiary/aromatic N) is 2. The van der Waals surface area contributed by atoms with E-state index in [1.54, 1.807) is 12.1 Å². The molecule has 2 aliphatic heterocycles. The summed E-state index contributed by atoms with van der Waals surface area (Å²) in [6.45, 7) is 3.04. The summed E-state index contributed by atoms with van der Waals surface area (Å²) in [5, 5.41) is 0. The second kappa shape index (κ2) is 6.69. The molecule has 0 saturated heterocycles. The second-order valence-electron chi connectivity index (χ2n) is 6.36. The normalized spacial score (nSPS) is 16.3. The Morgan fingerprint density at radius 1 is 1.24 bits per heavy atom. The molecule has 0 radical (unpaired) electrons. The van der Waals surface area contributed by atoms with Crippen molar-refractivity contribution in [2.24, 2.45) is 4.99 Å². The lowest BCUT2D eigenvalue weighted by atomic mass is 10.1. The van der Waals surface area contributed by atoms with Crippen LogP contribution in [0.5, 0.6) is 5.75 Å². The molecule has 0 aromatic heterocycles. The Labute approximate surface area is 146 Å². The SMILES string of the molecule is COC(=O)c1ccc2c(c1)OCCN(CC1=Nc3ccccc3C1)C2. The number of aliphatic imine (C=N–C) groups is 1. The molecule has 4 rings (SSSR count). The Balaban J connectivity index is 1.48. The maximum atomic E-state index is 11.7. The van der Waals surface area contributed by atoms with Gasteiger partial charge in [-0.3, -0.25) is 9.89 Å². The van der Waals surface area contributed by atoms with E-state index in [9.17, 15) is 4.79 Å². The van der Waals surface area contributed by atoms with Gasteiger partial charge in [-0.05, 0) is 23.8 Å². The number of hydrogen-bond acceptors (Lipinski definition) is 5. The monoisotopic (exact) mass is 336 g/mol. The third-order valence-electron chi connectivity index (χ3n) is 4.62. The summed E-state index contributed by atoms with van der Waals surface area (Å²) in [5.74, 6) is 0.424. The average molecular weight is 336 g/mol. The molecule has 0 unspecified atom stereocenters. The van der Waals surface area contributed by atoms with Crippen LogP contribution in [0.2, 0.25) is 0 Å². The molecule has 2 heterocycles. The number of para-hydroxylation sites is 1. The highest BCUT2D eigenvalue weighted by molar-refractivity contribution is 5.95. The van der Waals surface area contributed by atoms with E-state index in [1.807, 2.05) is 12.1 Å². The highest BCUT2D eigenvalue weighted by atomic mass is 16.5. The molecule has 0 atom stereocenters. The molecule has 0 N–H and O–H groups in total. The molecule has 128 valence electrons. The molecule has 0 bridgehead atoms. The van der Waals surface area contributed by atoms with E-state index in [1.165, 1.54) is 18.4 Å². The summed E-state index contributed by atoms with van der Waals surface area (Å²) in [7, 11) is 1.39. The van der Waals surface area contributed by atoms with Crippen LogP contribution in [-0.4, -0.2) is 43.4 Å². The number of ether oxygens (including phenoxy) is 2. The lowest BCUT2D eigenvalue weighted by Gasteiger charge is -2.19. The zero-order valence-corrected chi connectivity index (χ0v) is 14.2. The van der Waals surface area contributed by atoms with E-state index in [-0.39, 0.29) is 5.97 Å².